The quantitative estimate of drug-likeness (QED) is 0.704. The Labute approximate surface area is 115 Å². The van der Waals surface area contributed by atoms with Gasteiger partial charge in [0.25, 0.3) is 0 Å². The molecular formula is C15H25NO3. The number of rotatable bonds is 10. The fourth-order valence-electron chi connectivity index (χ4n) is 1.79. The van der Waals surface area contributed by atoms with E-state index in [2.05, 4.69) is 12.1 Å². The predicted octanol–water partition coefficient (Wildman–Crippen LogP) is 2.01. The zero-order chi connectivity index (χ0) is 13.9. The van der Waals surface area contributed by atoms with Crippen molar-refractivity contribution in [3.63, 3.8) is 0 Å². The van der Waals surface area contributed by atoms with Crippen LogP contribution in [0.4, 0.5) is 0 Å². The van der Waals surface area contributed by atoms with Gasteiger partial charge >= 0.3 is 0 Å². The smallest absolute Gasteiger partial charge is 0.119 e. The summed E-state index contributed by atoms with van der Waals surface area (Å²) in [6.07, 6.45) is 1.83. The lowest BCUT2D eigenvalue weighted by Gasteiger charge is -2.15. The molecule has 0 radical (unpaired) electrons. The highest BCUT2D eigenvalue weighted by molar-refractivity contribution is 5.27. The average molecular weight is 267 g/mol. The van der Waals surface area contributed by atoms with E-state index in [0.29, 0.717) is 19.8 Å². The summed E-state index contributed by atoms with van der Waals surface area (Å²) in [5.41, 5.74) is 6.87. The first-order valence-corrected chi connectivity index (χ1v) is 6.82. The van der Waals surface area contributed by atoms with Gasteiger partial charge in [0.1, 0.15) is 5.75 Å². The lowest BCUT2D eigenvalue weighted by molar-refractivity contribution is 0.0527. The molecule has 2 N–H and O–H groups in total. The Balaban J connectivity index is 2.29. The maximum atomic E-state index is 5.68. The van der Waals surface area contributed by atoms with Gasteiger partial charge in [-0.05, 0) is 31.0 Å². The Morgan fingerprint density at radius 3 is 2.47 bits per heavy atom. The third-order valence-corrected chi connectivity index (χ3v) is 2.89. The van der Waals surface area contributed by atoms with Crippen LogP contribution in [0.3, 0.4) is 0 Å². The molecule has 1 rings (SSSR count). The largest absolute Gasteiger partial charge is 0.493 e. The number of ether oxygens (including phenoxy) is 3. The Morgan fingerprint density at radius 1 is 1.16 bits per heavy atom. The Morgan fingerprint density at radius 2 is 1.89 bits per heavy atom. The third kappa shape index (κ3) is 6.57. The van der Waals surface area contributed by atoms with Gasteiger partial charge in [0, 0.05) is 26.7 Å². The average Bonchev–Trinajstić information content (AvgIpc) is 2.45. The molecule has 0 saturated carbocycles. The van der Waals surface area contributed by atoms with Crippen molar-refractivity contribution < 1.29 is 14.2 Å². The van der Waals surface area contributed by atoms with Crippen molar-refractivity contribution in [2.75, 3.05) is 33.5 Å². The number of hydrogen-bond acceptors (Lipinski definition) is 4. The lowest BCUT2D eigenvalue weighted by atomic mass is 10.1. The van der Waals surface area contributed by atoms with E-state index in [1.807, 2.05) is 19.1 Å². The van der Waals surface area contributed by atoms with Crippen LogP contribution in [0.15, 0.2) is 24.3 Å². The molecule has 0 amide bonds. The zero-order valence-electron chi connectivity index (χ0n) is 11.9. The summed E-state index contributed by atoms with van der Waals surface area (Å²) in [5.74, 6) is 0.883. The summed E-state index contributed by atoms with van der Waals surface area (Å²) < 4.78 is 16.2. The maximum Gasteiger partial charge on any atom is 0.119 e. The molecular weight excluding hydrogens is 242 g/mol. The first-order valence-electron chi connectivity index (χ1n) is 6.82. The summed E-state index contributed by atoms with van der Waals surface area (Å²) in [6, 6.07) is 8.11. The van der Waals surface area contributed by atoms with Crippen LogP contribution < -0.4 is 10.5 Å². The van der Waals surface area contributed by atoms with Gasteiger partial charge in [-0.15, -0.1) is 0 Å². The lowest BCUT2D eigenvalue weighted by Crippen LogP contribution is -2.25. The molecule has 0 spiro atoms. The topological polar surface area (TPSA) is 53.7 Å². The highest BCUT2D eigenvalue weighted by Crippen LogP contribution is 2.13. The van der Waals surface area contributed by atoms with Gasteiger partial charge in [0.05, 0.1) is 19.3 Å². The van der Waals surface area contributed by atoms with Crippen molar-refractivity contribution in [2.45, 2.75) is 25.9 Å². The third-order valence-electron chi connectivity index (χ3n) is 2.89. The molecule has 1 aromatic carbocycles. The van der Waals surface area contributed by atoms with Crippen LogP contribution in [0.1, 0.15) is 18.9 Å². The van der Waals surface area contributed by atoms with Crippen LogP contribution >= 0.6 is 0 Å². The van der Waals surface area contributed by atoms with Crippen LogP contribution in [-0.4, -0.2) is 39.6 Å². The number of methoxy groups -OCH3 is 1. The second-order valence-electron chi connectivity index (χ2n) is 4.34. The zero-order valence-corrected chi connectivity index (χ0v) is 11.9. The van der Waals surface area contributed by atoms with Crippen LogP contribution in [0.5, 0.6) is 5.75 Å². The highest BCUT2D eigenvalue weighted by Gasteiger charge is 2.05. The van der Waals surface area contributed by atoms with Crippen molar-refractivity contribution >= 4 is 0 Å². The van der Waals surface area contributed by atoms with Crippen molar-refractivity contribution in [2.24, 2.45) is 5.73 Å². The molecule has 108 valence electrons. The Kier molecular flexibility index (Phi) is 8.21. The monoisotopic (exact) mass is 267 g/mol. The molecule has 1 atom stereocenters. The number of nitrogens with two attached hydrogens (primary N) is 1. The van der Waals surface area contributed by atoms with E-state index >= 15 is 0 Å². The van der Waals surface area contributed by atoms with E-state index in [9.17, 15) is 0 Å². The van der Waals surface area contributed by atoms with Gasteiger partial charge in [-0.3, -0.25) is 0 Å². The molecule has 4 nitrogen and oxygen atoms in total. The first-order chi connectivity index (χ1) is 9.30. The van der Waals surface area contributed by atoms with Crippen LogP contribution in [0.25, 0.3) is 0 Å². The molecule has 0 aliphatic heterocycles. The van der Waals surface area contributed by atoms with E-state index in [-0.39, 0.29) is 6.10 Å². The van der Waals surface area contributed by atoms with Crippen LogP contribution in [0, 0.1) is 0 Å². The van der Waals surface area contributed by atoms with E-state index < -0.39 is 0 Å². The number of hydrogen-bond donors (Lipinski definition) is 1. The SMILES string of the molecule is CCOC(CN)CCOc1ccc(CCOC)cc1. The molecule has 1 aromatic rings. The van der Waals surface area contributed by atoms with Crippen molar-refractivity contribution in [1.29, 1.82) is 0 Å². The molecule has 1 unspecified atom stereocenters. The molecule has 0 bridgehead atoms. The Bertz CT molecular complexity index is 327. The van der Waals surface area contributed by atoms with Gasteiger partial charge in [0.15, 0.2) is 0 Å². The summed E-state index contributed by atoms with van der Waals surface area (Å²) in [4.78, 5) is 0. The van der Waals surface area contributed by atoms with Gasteiger partial charge in [0.2, 0.25) is 0 Å². The van der Waals surface area contributed by atoms with Gasteiger partial charge in [-0.1, -0.05) is 12.1 Å². The maximum absolute atomic E-state index is 5.68. The van der Waals surface area contributed by atoms with Gasteiger partial charge in [-0.25, -0.2) is 0 Å². The summed E-state index contributed by atoms with van der Waals surface area (Å²) >= 11 is 0. The van der Waals surface area contributed by atoms with E-state index in [1.165, 1.54) is 5.56 Å². The molecule has 0 aromatic heterocycles. The first kappa shape index (κ1) is 16.0. The minimum atomic E-state index is 0.0889. The van der Waals surface area contributed by atoms with Crippen LogP contribution in [-0.2, 0) is 15.9 Å². The molecule has 0 aliphatic rings. The standard InChI is InChI=1S/C15H25NO3/c1-3-18-15(12-16)9-11-19-14-6-4-13(5-7-14)8-10-17-2/h4-7,15H,3,8-12,16H2,1-2H3. The Hall–Kier alpha value is -1.10. The molecule has 0 aliphatic carbocycles. The molecule has 19 heavy (non-hydrogen) atoms. The van der Waals surface area contributed by atoms with Crippen LogP contribution in [0.2, 0.25) is 0 Å². The van der Waals surface area contributed by atoms with Crippen molar-refractivity contribution in [3.8, 4) is 5.75 Å². The van der Waals surface area contributed by atoms with E-state index in [0.717, 1.165) is 25.2 Å². The summed E-state index contributed by atoms with van der Waals surface area (Å²) in [6.45, 7) is 4.57. The predicted molar refractivity (Wildman–Crippen MR) is 76.6 cm³/mol. The summed E-state index contributed by atoms with van der Waals surface area (Å²) in [7, 11) is 1.71. The van der Waals surface area contributed by atoms with Crippen molar-refractivity contribution in [1.82, 2.24) is 0 Å². The second kappa shape index (κ2) is 9.78. The second-order valence-corrected chi connectivity index (χ2v) is 4.34. The normalized spacial score (nSPS) is 12.4. The van der Waals surface area contributed by atoms with Crippen molar-refractivity contribution in [3.05, 3.63) is 29.8 Å². The molecule has 4 heteroatoms. The minimum absolute atomic E-state index is 0.0889. The molecule has 0 saturated heterocycles. The molecule has 0 fully saturated rings. The number of benzene rings is 1. The minimum Gasteiger partial charge on any atom is -0.493 e. The van der Waals surface area contributed by atoms with Gasteiger partial charge < -0.3 is 19.9 Å². The summed E-state index contributed by atoms with van der Waals surface area (Å²) in [5, 5.41) is 0. The van der Waals surface area contributed by atoms with E-state index in [1.54, 1.807) is 7.11 Å². The fourth-order valence-corrected chi connectivity index (χ4v) is 1.79. The highest BCUT2D eigenvalue weighted by atomic mass is 16.5. The molecule has 0 heterocycles. The van der Waals surface area contributed by atoms with E-state index in [4.69, 9.17) is 19.9 Å². The van der Waals surface area contributed by atoms with Gasteiger partial charge in [-0.2, -0.15) is 0 Å². The fraction of sp³-hybridized carbons (Fsp3) is 0.600.